The highest BCUT2D eigenvalue weighted by molar-refractivity contribution is 7.99. The second-order valence-corrected chi connectivity index (χ2v) is 6.34. The number of aliphatic carboxylic acids is 1. The minimum atomic E-state index is -1.14. The van der Waals surface area contributed by atoms with E-state index in [-0.39, 0.29) is 13.2 Å². The molecule has 0 fully saturated rings. The fraction of sp³-hybridized carbons (Fsp3) is 0.333. The Kier molecular flexibility index (Phi) is 8.89. The van der Waals surface area contributed by atoms with E-state index in [0.717, 1.165) is 10.6 Å². The fourth-order valence-corrected chi connectivity index (χ4v) is 2.85. The number of thioether (sulfide) groups is 1. The van der Waals surface area contributed by atoms with Crippen molar-refractivity contribution < 1.29 is 19.4 Å². The topological polar surface area (TPSA) is 75.6 Å². The highest BCUT2D eigenvalue weighted by Gasteiger charge is 2.22. The van der Waals surface area contributed by atoms with Gasteiger partial charge in [0.2, 0.25) is 0 Å². The first kappa shape index (κ1) is 20.0. The van der Waals surface area contributed by atoms with Gasteiger partial charge in [0, 0.05) is 10.6 Å². The second kappa shape index (κ2) is 10.7. The van der Waals surface area contributed by atoms with Crippen LogP contribution in [-0.2, 0) is 9.53 Å². The number of ether oxygens (including phenoxy) is 1. The van der Waals surface area contributed by atoms with Crippen LogP contribution in [0.15, 0.2) is 53.5 Å². The number of carbonyl (C=O) groups is 2. The van der Waals surface area contributed by atoms with Crippen molar-refractivity contribution in [1.82, 2.24) is 5.32 Å². The summed E-state index contributed by atoms with van der Waals surface area (Å²) in [5.41, 5.74) is 1.66. The van der Waals surface area contributed by atoms with E-state index in [2.05, 4.69) is 18.0 Å². The Morgan fingerprint density at radius 3 is 2.71 bits per heavy atom. The number of rotatable bonds is 10. The molecule has 0 heterocycles. The molecule has 2 N–H and O–H groups in total. The molecule has 5 nitrogen and oxygen atoms in total. The van der Waals surface area contributed by atoms with E-state index in [0.29, 0.717) is 5.56 Å². The van der Waals surface area contributed by atoms with E-state index in [1.165, 1.54) is 23.4 Å². The van der Waals surface area contributed by atoms with Gasteiger partial charge in [0.05, 0.1) is 18.8 Å². The number of benzene rings is 1. The number of carboxylic acid groups (broad SMARTS) is 1. The molecular weight excluding hydrogens is 326 g/mol. The molecule has 0 aliphatic carbocycles. The van der Waals surface area contributed by atoms with Crippen LogP contribution in [-0.4, -0.2) is 42.0 Å². The predicted octanol–water partition coefficient (Wildman–Crippen LogP) is 3.13. The number of carboxylic acids is 1. The largest absolute Gasteiger partial charge is 0.480 e. The van der Waals surface area contributed by atoms with E-state index in [1.807, 2.05) is 26.0 Å². The van der Waals surface area contributed by atoms with Crippen LogP contribution in [0.1, 0.15) is 24.2 Å². The third-order valence-corrected chi connectivity index (χ3v) is 3.99. The molecule has 0 saturated carbocycles. The molecule has 0 aromatic heterocycles. The van der Waals surface area contributed by atoms with Gasteiger partial charge in [-0.3, -0.25) is 4.79 Å². The molecule has 0 bridgehead atoms. The van der Waals surface area contributed by atoms with Crippen molar-refractivity contribution in [1.29, 1.82) is 0 Å². The van der Waals surface area contributed by atoms with Gasteiger partial charge in [-0.15, -0.1) is 18.3 Å². The summed E-state index contributed by atoms with van der Waals surface area (Å²) in [4.78, 5) is 24.5. The average molecular weight is 349 g/mol. The van der Waals surface area contributed by atoms with Gasteiger partial charge in [0.1, 0.15) is 0 Å². The molecule has 1 aromatic carbocycles. The lowest BCUT2D eigenvalue weighted by atomic mass is 10.2. The molecule has 0 saturated heterocycles. The molecule has 1 rings (SSSR count). The monoisotopic (exact) mass is 349 g/mol. The molecule has 0 aliphatic rings. The third kappa shape index (κ3) is 7.02. The van der Waals surface area contributed by atoms with Crippen LogP contribution in [0.3, 0.4) is 0 Å². The van der Waals surface area contributed by atoms with Crippen molar-refractivity contribution in [3.8, 4) is 0 Å². The van der Waals surface area contributed by atoms with Gasteiger partial charge < -0.3 is 15.2 Å². The average Bonchev–Trinajstić information content (AvgIpc) is 2.54. The van der Waals surface area contributed by atoms with E-state index >= 15 is 0 Å². The maximum absolute atomic E-state index is 12.4. The van der Waals surface area contributed by atoms with E-state index in [1.54, 1.807) is 12.1 Å². The SMILES string of the molecule is C=CCOCC(NC(=O)c1ccccc1SCC=C(C)C)C(=O)O. The third-order valence-electron chi connectivity index (χ3n) is 2.99. The lowest BCUT2D eigenvalue weighted by Gasteiger charge is -2.15. The molecular formula is C18H23NO4S. The van der Waals surface area contributed by atoms with Crippen LogP contribution in [0.5, 0.6) is 0 Å². The van der Waals surface area contributed by atoms with Crippen molar-refractivity contribution in [2.75, 3.05) is 19.0 Å². The lowest BCUT2D eigenvalue weighted by molar-refractivity contribution is -0.140. The molecule has 0 aliphatic heterocycles. The molecule has 1 amide bonds. The van der Waals surface area contributed by atoms with Gasteiger partial charge in [-0.25, -0.2) is 4.79 Å². The van der Waals surface area contributed by atoms with Crippen LogP contribution in [0.2, 0.25) is 0 Å². The minimum absolute atomic E-state index is 0.111. The Morgan fingerprint density at radius 1 is 1.38 bits per heavy atom. The van der Waals surface area contributed by atoms with Crippen molar-refractivity contribution in [2.45, 2.75) is 24.8 Å². The Balaban J connectivity index is 2.79. The van der Waals surface area contributed by atoms with E-state index < -0.39 is 17.9 Å². The first-order valence-electron chi connectivity index (χ1n) is 7.53. The van der Waals surface area contributed by atoms with Crippen LogP contribution < -0.4 is 5.32 Å². The Labute approximate surface area is 146 Å². The van der Waals surface area contributed by atoms with Crippen LogP contribution >= 0.6 is 11.8 Å². The summed E-state index contributed by atoms with van der Waals surface area (Å²) in [5, 5.41) is 11.7. The molecule has 24 heavy (non-hydrogen) atoms. The molecule has 0 radical (unpaired) electrons. The second-order valence-electron chi connectivity index (χ2n) is 5.28. The summed E-state index contributed by atoms with van der Waals surface area (Å²) in [6.45, 7) is 7.64. The van der Waals surface area contributed by atoms with Crippen LogP contribution in [0.4, 0.5) is 0 Å². The van der Waals surface area contributed by atoms with Crippen molar-refractivity contribution >= 4 is 23.6 Å². The summed E-state index contributed by atoms with van der Waals surface area (Å²) in [6, 6.07) is 6.03. The standard InChI is InChI=1S/C18H23NO4S/c1-4-10-23-12-15(18(21)22)19-17(20)14-7-5-6-8-16(14)24-11-9-13(2)3/h4-9,15H,1,10-12H2,2-3H3,(H,19,20)(H,21,22). The number of hydrogen-bond acceptors (Lipinski definition) is 4. The fourth-order valence-electron chi connectivity index (χ4n) is 1.76. The first-order valence-corrected chi connectivity index (χ1v) is 8.51. The summed E-state index contributed by atoms with van der Waals surface area (Å²) in [7, 11) is 0. The smallest absolute Gasteiger partial charge is 0.328 e. The maximum Gasteiger partial charge on any atom is 0.328 e. The van der Waals surface area contributed by atoms with E-state index in [4.69, 9.17) is 4.74 Å². The number of amides is 1. The lowest BCUT2D eigenvalue weighted by Crippen LogP contribution is -2.44. The highest BCUT2D eigenvalue weighted by Crippen LogP contribution is 2.23. The van der Waals surface area contributed by atoms with Gasteiger partial charge in [-0.2, -0.15) is 0 Å². The molecule has 6 heteroatoms. The summed E-state index contributed by atoms with van der Waals surface area (Å²) < 4.78 is 5.14. The van der Waals surface area contributed by atoms with Gasteiger partial charge >= 0.3 is 5.97 Å². The number of hydrogen-bond donors (Lipinski definition) is 2. The van der Waals surface area contributed by atoms with Crippen LogP contribution in [0, 0.1) is 0 Å². The number of allylic oxidation sites excluding steroid dienone is 1. The Hall–Kier alpha value is -2.05. The molecule has 1 unspecified atom stereocenters. The zero-order valence-electron chi connectivity index (χ0n) is 14.0. The first-order chi connectivity index (χ1) is 11.5. The number of carbonyl (C=O) groups excluding carboxylic acids is 1. The zero-order valence-corrected chi connectivity index (χ0v) is 14.8. The maximum atomic E-state index is 12.4. The normalized spacial score (nSPS) is 11.4. The highest BCUT2D eigenvalue weighted by atomic mass is 32.2. The predicted molar refractivity (Wildman–Crippen MR) is 96.5 cm³/mol. The molecule has 1 atom stereocenters. The van der Waals surface area contributed by atoms with Crippen molar-refractivity contribution in [2.24, 2.45) is 0 Å². The van der Waals surface area contributed by atoms with Crippen molar-refractivity contribution in [3.05, 3.63) is 54.1 Å². The van der Waals surface area contributed by atoms with Gasteiger partial charge in [-0.05, 0) is 26.0 Å². The van der Waals surface area contributed by atoms with Crippen LogP contribution in [0.25, 0.3) is 0 Å². The van der Waals surface area contributed by atoms with Crippen molar-refractivity contribution in [3.63, 3.8) is 0 Å². The summed E-state index contributed by atoms with van der Waals surface area (Å²) in [5.74, 6) is -0.816. The zero-order chi connectivity index (χ0) is 17.9. The Bertz CT molecular complexity index is 609. The summed E-state index contributed by atoms with van der Waals surface area (Å²) in [6.07, 6.45) is 3.60. The van der Waals surface area contributed by atoms with Gasteiger partial charge in [0.25, 0.3) is 5.91 Å². The molecule has 1 aromatic rings. The molecule has 0 spiro atoms. The Morgan fingerprint density at radius 2 is 2.08 bits per heavy atom. The summed E-state index contributed by atoms with van der Waals surface area (Å²) >= 11 is 1.53. The van der Waals surface area contributed by atoms with E-state index in [9.17, 15) is 14.7 Å². The molecule has 130 valence electrons. The minimum Gasteiger partial charge on any atom is -0.480 e. The quantitative estimate of drug-likeness (QED) is 0.386. The van der Waals surface area contributed by atoms with Gasteiger partial charge in [0.15, 0.2) is 6.04 Å². The number of nitrogens with one attached hydrogen (secondary N) is 1. The van der Waals surface area contributed by atoms with Gasteiger partial charge in [-0.1, -0.05) is 29.9 Å².